The first-order chi connectivity index (χ1) is 25.8. The Labute approximate surface area is 318 Å². The van der Waals surface area contributed by atoms with Gasteiger partial charge in [0.15, 0.2) is 0 Å². The van der Waals surface area contributed by atoms with Crippen LogP contribution in [0.4, 0.5) is 23.8 Å². The van der Waals surface area contributed by atoms with Crippen LogP contribution in [-0.2, 0) is 34.5 Å². The van der Waals surface area contributed by atoms with Gasteiger partial charge >= 0.3 is 22.5 Å². The highest BCUT2D eigenvalue weighted by Crippen LogP contribution is 2.68. The highest BCUT2D eigenvalue weighted by molar-refractivity contribution is 7.88. The van der Waals surface area contributed by atoms with Crippen molar-refractivity contribution in [3.05, 3.63) is 65.1 Å². The average Bonchev–Trinajstić information content (AvgIpc) is 3.39. The molecule has 3 saturated carbocycles. The third-order valence-corrected chi connectivity index (χ3v) is 13.1. The number of hydrogen-bond acceptors (Lipinski definition) is 9. The Hall–Kier alpha value is -4.46. The minimum atomic E-state index is -4.28. The van der Waals surface area contributed by atoms with Crippen molar-refractivity contribution in [2.24, 2.45) is 10.8 Å². The van der Waals surface area contributed by atoms with Crippen molar-refractivity contribution in [1.29, 1.82) is 5.26 Å². The van der Waals surface area contributed by atoms with Crippen LogP contribution in [0, 0.1) is 29.1 Å². The van der Waals surface area contributed by atoms with E-state index < -0.39 is 40.0 Å². The maximum atomic E-state index is 13.1. The molecule has 4 aromatic rings. The zero-order valence-electron chi connectivity index (χ0n) is 31.4. The topological polar surface area (TPSA) is 145 Å². The van der Waals surface area contributed by atoms with Crippen molar-refractivity contribution < 1.29 is 31.1 Å². The van der Waals surface area contributed by atoms with Crippen molar-refractivity contribution in [3.63, 3.8) is 0 Å². The number of aryl methyl sites for hydroxylation is 1. The molecule has 12 nitrogen and oxygen atoms in total. The largest absolute Gasteiger partial charge is 0.443 e. The van der Waals surface area contributed by atoms with Crippen LogP contribution >= 0.6 is 0 Å². The number of nitrogens with one attached hydrogen (secondary N) is 2. The fourth-order valence-corrected chi connectivity index (χ4v) is 10.7. The summed E-state index contributed by atoms with van der Waals surface area (Å²) >= 11 is 0. The van der Waals surface area contributed by atoms with Gasteiger partial charge in [-0.05, 0) is 119 Å². The fraction of sp³-hybridized carbons (Fsp3) is 0.538. The van der Waals surface area contributed by atoms with Gasteiger partial charge in [-0.15, -0.1) is 0 Å². The Balaban J connectivity index is 0.877. The number of amides is 1. The standard InChI is InChI=1S/C39H45F3N8O4S/c1-25-27(17-48-11-9-36(10-12-48)21-49(22-36)33-30-13-26(15-39(40,41)42)5-7-31(30)44-24-45-33)6-8-32-29(25)14-28(16-43)50(32)23-37-18-38(19-37,20-37)47-55(52,53)46-34(51)54-35(2,3)4/h5-8,13-14,24,47H,9-12,15,17-23H2,1-4H3,(H,46,51). The van der Waals surface area contributed by atoms with Crippen LogP contribution in [-0.4, -0.2) is 77.4 Å². The SMILES string of the molecule is Cc1c(CN2CCC3(CC2)CN(c2ncnc4ccc(CC(F)(F)F)cc24)C3)ccc2c1cc(C#N)n2CC12CC(NS(=O)(=O)NC(=O)OC(C)(C)C)(C1)C2. The van der Waals surface area contributed by atoms with Gasteiger partial charge in [0.1, 0.15) is 29.5 Å². The van der Waals surface area contributed by atoms with Crippen LogP contribution in [0.25, 0.3) is 21.8 Å². The van der Waals surface area contributed by atoms with E-state index in [-0.39, 0.29) is 16.4 Å². The molecule has 2 N–H and O–H groups in total. The first kappa shape index (κ1) is 37.5. The van der Waals surface area contributed by atoms with E-state index >= 15 is 0 Å². The number of benzene rings is 2. The highest BCUT2D eigenvalue weighted by atomic mass is 32.2. The number of halogens is 3. The van der Waals surface area contributed by atoms with Crippen molar-refractivity contribution in [1.82, 2.24) is 28.9 Å². The summed E-state index contributed by atoms with van der Waals surface area (Å²) in [4.78, 5) is 25.5. The maximum absolute atomic E-state index is 13.1. The lowest BCUT2D eigenvalue weighted by Crippen LogP contribution is -2.76. The molecule has 0 unspecified atom stereocenters. The zero-order valence-corrected chi connectivity index (χ0v) is 32.2. The highest BCUT2D eigenvalue weighted by Gasteiger charge is 2.69. The number of nitriles is 1. The van der Waals surface area contributed by atoms with Gasteiger partial charge in [-0.25, -0.2) is 19.5 Å². The van der Waals surface area contributed by atoms with E-state index in [4.69, 9.17) is 4.74 Å². The number of ether oxygens (including phenoxy) is 1. The van der Waals surface area contributed by atoms with E-state index in [1.54, 1.807) is 32.9 Å². The van der Waals surface area contributed by atoms with Crippen LogP contribution in [0.15, 0.2) is 42.7 Å². The molecule has 0 atom stereocenters. The molecule has 292 valence electrons. The quantitative estimate of drug-likeness (QED) is 0.201. The molecule has 2 aromatic carbocycles. The molecule has 55 heavy (non-hydrogen) atoms. The monoisotopic (exact) mass is 778 g/mol. The number of anilines is 1. The summed E-state index contributed by atoms with van der Waals surface area (Å²) in [7, 11) is -4.10. The van der Waals surface area contributed by atoms with E-state index in [1.165, 1.54) is 18.0 Å². The molecule has 3 aliphatic carbocycles. The zero-order chi connectivity index (χ0) is 39.2. The smallest absolute Gasteiger partial charge is 0.422 e. The molecule has 1 spiro atoms. The summed E-state index contributed by atoms with van der Waals surface area (Å²) in [6, 6.07) is 13.3. The molecular formula is C39H45F3N8O4S. The van der Waals surface area contributed by atoms with Gasteiger partial charge in [0.05, 0.1) is 11.9 Å². The van der Waals surface area contributed by atoms with Gasteiger partial charge in [0.2, 0.25) is 0 Å². The average molecular weight is 779 g/mol. The van der Waals surface area contributed by atoms with Crippen LogP contribution in [0.2, 0.25) is 0 Å². The second-order valence-electron chi connectivity index (χ2n) is 17.5. The Kier molecular flexibility index (Phi) is 8.71. The molecule has 2 bridgehead atoms. The van der Waals surface area contributed by atoms with E-state index in [1.807, 2.05) is 10.8 Å². The van der Waals surface area contributed by atoms with Gasteiger partial charge in [0.25, 0.3) is 0 Å². The molecular weight excluding hydrogens is 734 g/mol. The summed E-state index contributed by atoms with van der Waals surface area (Å²) in [5, 5.41) is 11.8. The third-order valence-electron chi connectivity index (χ3n) is 11.9. The van der Waals surface area contributed by atoms with Crippen LogP contribution < -0.4 is 14.3 Å². The first-order valence-corrected chi connectivity index (χ1v) is 20.1. The van der Waals surface area contributed by atoms with Gasteiger partial charge in [-0.1, -0.05) is 12.1 Å². The number of fused-ring (bicyclic) bond motifs is 2. The summed E-state index contributed by atoms with van der Waals surface area (Å²) in [5.74, 6) is 0.695. The molecule has 4 heterocycles. The number of carbonyl (C=O) groups is 1. The molecule has 2 aliphatic heterocycles. The van der Waals surface area contributed by atoms with E-state index in [0.717, 1.165) is 62.0 Å². The molecule has 2 aromatic heterocycles. The van der Waals surface area contributed by atoms with E-state index in [9.17, 15) is 31.6 Å². The van der Waals surface area contributed by atoms with Gasteiger partial charge < -0.3 is 14.2 Å². The third kappa shape index (κ3) is 7.34. The van der Waals surface area contributed by atoms with E-state index in [2.05, 4.69) is 54.2 Å². The molecule has 1 amide bonds. The number of piperidine rings is 1. The Morgan fingerprint density at radius 1 is 1.02 bits per heavy atom. The fourth-order valence-electron chi connectivity index (χ4n) is 9.62. The first-order valence-electron chi connectivity index (χ1n) is 18.6. The summed E-state index contributed by atoms with van der Waals surface area (Å²) in [5.41, 5.74) is 3.33. The van der Waals surface area contributed by atoms with Crippen molar-refractivity contribution in [2.45, 2.75) is 96.6 Å². The second-order valence-corrected chi connectivity index (χ2v) is 18.9. The predicted octanol–water partition coefficient (Wildman–Crippen LogP) is 6.25. The van der Waals surface area contributed by atoms with E-state index in [0.29, 0.717) is 48.2 Å². The minimum Gasteiger partial charge on any atom is -0.443 e. The number of aromatic nitrogens is 3. The maximum Gasteiger partial charge on any atom is 0.422 e. The van der Waals surface area contributed by atoms with Crippen LogP contribution in [0.3, 0.4) is 0 Å². The lowest BCUT2D eigenvalue weighted by Gasteiger charge is -2.70. The van der Waals surface area contributed by atoms with Crippen LogP contribution in [0.1, 0.15) is 75.3 Å². The number of nitrogens with zero attached hydrogens (tertiary/aromatic N) is 6. The summed E-state index contributed by atoms with van der Waals surface area (Å²) < 4.78 is 76.4. The minimum absolute atomic E-state index is 0.129. The van der Waals surface area contributed by atoms with Crippen molar-refractivity contribution in [3.8, 4) is 6.07 Å². The van der Waals surface area contributed by atoms with Gasteiger partial charge in [0, 0.05) is 53.4 Å². The van der Waals surface area contributed by atoms with Gasteiger partial charge in [-0.2, -0.15) is 31.6 Å². The predicted molar refractivity (Wildman–Crippen MR) is 200 cm³/mol. The number of rotatable bonds is 9. The normalized spacial score (nSPS) is 23.6. The number of hydrogen-bond donors (Lipinski definition) is 2. The Morgan fingerprint density at radius 2 is 1.73 bits per heavy atom. The number of alkyl halides is 3. The number of likely N-dealkylation sites (tertiary alicyclic amines) is 1. The molecule has 9 rings (SSSR count). The Bertz CT molecular complexity index is 2330. The molecule has 5 fully saturated rings. The lowest BCUT2D eigenvalue weighted by molar-refractivity contribution is -0.151. The second kappa shape index (κ2) is 12.8. The molecule has 16 heteroatoms. The molecule has 2 saturated heterocycles. The summed E-state index contributed by atoms with van der Waals surface area (Å²) in [6.45, 7) is 11.9. The summed E-state index contributed by atoms with van der Waals surface area (Å²) in [6.07, 6.45) is -0.939. The number of carbonyl (C=O) groups excluding carboxylic acids is 1. The Morgan fingerprint density at radius 3 is 2.38 bits per heavy atom. The molecule has 5 aliphatic rings. The van der Waals surface area contributed by atoms with Gasteiger partial charge in [-0.3, -0.25) is 4.90 Å². The van der Waals surface area contributed by atoms with Crippen molar-refractivity contribution in [2.75, 3.05) is 31.1 Å². The molecule has 0 radical (unpaired) electrons. The van der Waals surface area contributed by atoms with Crippen LogP contribution in [0.5, 0.6) is 0 Å². The lowest BCUT2D eigenvalue weighted by atomic mass is 9.40. The van der Waals surface area contributed by atoms with Crippen molar-refractivity contribution >= 4 is 43.9 Å².